The van der Waals surface area contributed by atoms with E-state index in [0.717, 1.165) is 37.6 Å². The van der Waals surface area contributed by atoms with Crippen molar-refractivity contribution < 1.29 is 9.53 Å². The van der Waals surface area contributed by atoms with Crippen molar-refractivity contribution in [3.8, 4) is 11.8 Å². The molecule has 0 atom stereocenters. The van der Waals surface area contributed by atoms with Crippen molar-refractivity contribution in [3.63, 3.8) is 0 Å². The molecule has 130 valence electrons. The predicted molar refractivity (Wildman–Crippen MR) is 94.1 cm³/mol. The maximum Gasteiger partial charge on any atom is 0.237 e. The third-order valence-electron chi connectivity index (χ3n) is 4.64. The minimum absolute atomic E-state index is 0.0210. The Balaban J connectivity index is 1.92. The highest BCUT2D eigenvalue weighted by Gasteiger charge is 2.29. The van der Waals surface area contributed by atoms with E-state index in [9.17, 15) is 4.79 Å². The van der Waals surface area contributed by atoms with Crippen LogP contribution < -0.4 is 9.64 Å². The van der Waals surface area contributed by atoms with E-state index in [4.69, 9.17) is 10.00 Å². The van der Waals surface area contributed by atoms with E-state index >= 15 is 0 Å². The zero-order chi connectivity index (χ0) is 17.7. The van der Waals surface area contributed by atoms with Crippen LogP contribution in [0.3, 0.4) is 0 Å². The van der Waals surface area contributed by atoms with Gasteiger partial charge in [0.05, 0.1) is 25.4 Å². The van der Waals surface area contributed by atoms with Crippen LogP contribution in [0.1, 0.15) is 13.8 Å². The number of likely N-dealkylation sites (N-methyl/N-ethyl adjacent to an activating group) is 1. The number of hydrogen-bond donors (Lipinski definition) is 0. The van der Waals surface area contributed by atoms with Crippen molar-refractivity contribution in [2.24, 2.45) is 0 Å². The van der Waals surface area contributed by atoms with E-state index in [1.165, 1.54) is 4.90 Å². The Kier molecular flexibility index (Phi) is 5.68. The number of piperazine rings is 1. The fraction of sp³-hybridized carbons (Fsp3) is 0.556. The largest absolute Gasteiger partial charge is 0.495 e. The summed E-state index contributed by atoms with van der Waals surface area (Å²) in [7, 11) is 3.37. The van der Waals surface area contributed by atoms with Gasteiger partial charge in [0.25, 0.3) is 0 Å². The van der Waals surface area contributed by atoms with Crippen molar-refractivity contribution in [1.82, 2.24) is 9.80 Å². The van der Waals surface area contributed by atoms with Crippen LogP contribution in [0.2, 0.25) is 0 Å². The minimum Gasteiger partial charge on any atom is -0.495 e. The number of rotatable bonds is 5. The Morgan fingerprint density at radius 3 is 2.50 bits per heavy atom. The van der Waals surface area contributed by atoms with Crippen LogP contribution in [0.15, 0.2) is 24.3 Å². The molecular weight excluding hydrogens is 304 g/mol. The summed E-state index contributed by atoms with van der Waals surface area (Å²) in [5, 5.41) is 9.15. The Hall–Kier alpha value is -2.26. The van der Waals surface area contributed by atoms with Crippen molar-refractivity contribution in [3.05, 3.63) is 24.3 Å². The number of methoxy groups -OCH3 is 1. The number of para-hydroxylation sites is 2. The van der Waals surface area contributed by atoms with Crippen LogP contribution in [0.5, 0.6) is 5.75 Å². The molecule has 1 heterocycles. The van der Waals surface area contributed by atoms with Crippen molar-refractivity contribution in [2.75, 3.05) is 51.8 Å². The second-order valence-corrected chi connectivity index (χ2v) is 6.56. The summed E-state index contributed by atoms with van der Waals surface area (Å²) in [5.41, 5.74) is 0.310. The van der Waals surface area contributed by atoms with Crippen LogP contribution in [-0.2, 0) is 4.79 Å². The number of benzene rings is 1. The van der Waals surface area contributed by atoms with Gasteiger partial charge in [-0.25, -0.2) is 0 Å². The highest BCUT2D eigenvalue weighted by Crippen LogP contribution is 2.28. The first-order chi connectivity index (χ1) is 11.4. The van der Waals surface area contributed by atoms with Gasteiger partial charge in [-0.3, -0.25) is 9.69 Å². The Bertz CT molecular complexity index is 616. The molecule has 0 saturated carbocycles. The molecule has 1 amide bonds. The van der Waals surface area contributed by atoms with Crippen LogP contribution in [0, 0.1) is 11.3 Å². The maximum absolute atomic E-state index is 12.4. The first-order valence-electron chi connectivity index (χ1n) is 8.17. The van der Waals surface area contributed by atoms with Crippen LogP contribution in [0.4, 0.5) is 5.69 Å². The van der Waals surface area contributed by atoms with Crippen LogP contribution in [0.25, 0.3) is 0 Å². The van der Waals surface area contributed by atoms with Crippen molar-refractivity contribution >= 4 is 11.6 Å². The fourth-order valence-corrected chi connectivity index (χ4v) is 2.72. The quantitative estimate of drug-likeness (QED) is 0.820. The average Bonchev–Trinajstić information content (AvgIpc) is 2.61. The Morgan fingerprint density at radius 2 is 1.92 bits per heavy atom. The summed E-state index contributed by atoms with van der Waals surface area (Å²) < 4.78 is 5.42. The van der Waals surface area contributed by atoms with Gasteiger partial charge < -0.3 is 14.5 Å². The number of nitrogens with zero attached hydrogens (tertiary/aromatic N) is 4. The summed E-state index contributed by atoms with van der Waals surface area (Å²) in [6.07, 6.45) is 0. The average molecular weight is 330 g/mol. The lowest BCUT2D eigenvalue weighted by atomic mass is 10.1. The predicted octanol–water partition coefficient (Wildman–Crippen LogP) is 1.58. The first kappa shape index (κ1) is 18.1. The third kappa shape index (κ3) is 3.98. The summed E-state index contributed by atoms with van der Waals surface area (Å²) in [4.78, 5) is 18.3. The lowest BCUT2D eigenvalue weighted by Gasteiger charge is -2.37. The van der Waals surface area contributed by atoms with Crippen molar-refractivity contribution in [1.29, 1.82) is 5.26 Å². The van der Waals surface area contributed by atoms with E-state index in [-0.39, 0.29) is 5.91 Å². The molecule has 1 aromatic carbocycles. The summed E-state index contributed by atoms with van der Waals surface area (Å²) in [6, 6.07) is 10.2. The van der Waals surface area contributed by atoms with Gasteiger partial charge in [0.15, 0.2) is 0 Å². The highest BCUT2D eigenvalue weighted by atomic mass is 16.5. The number of ether oxygens (including phenoxy) is 1. The first-order valence-corrected chi connectivity index (χ1v) is 8.17. The molecule has 6 nitrogen and oxygen atoms in total. The lowest BCUT2D eigenvalue weighted by molar-refractivity contribution is -0.134. The van der Waals surface area contributed by atoms with Gasteiger partial charge in [-0.1, -0.05) is 12.1 Å². The summed E-state index contributed by atoms with van der Waals surface area (Å²) in [6.45, 7) is 7.17. The Labute approximate surface area is 144 Å². The smallest absolute Gasteiger partial charge is 0.237 e. The van der Waals surface area contributed by atoms with Gasteiger partial charge in [-0.2, -0.15) is 5.26 Å². The van der Waals surface area contributed by atoms with Gasteiger partial charge in [-0.05, 0) is 26.0 Å². The monoisotopic (exact) mass is 330 g/mol. The van der Waals surface area contributed by atoms with Crippen LogP contribution >= 0.6 is 0 Å². The molecule has 1 fully saturated rings. The highest BCUT2D eigenvalue weighted by molar-refractivity contribution is 5.79. The van der Waals surface area contributed by atoms with Crippen LogP contribution in [-0.4, -0.2) is 68.1 Å². The standard InChI is InChI=1S/C18H26N4O2/c1-18(2,14-19)20(3)17(23)13-21-9-11-22(12-10-21)15-7-5-6-8-16(15)24-4/h5-8H,9-13H2,1-4H3. The van der Waals surface area contributed by atoms with Gasteiger partial charge in [0, 0.05) is 33.2 Å². The molecule has 0 bridgehead atoms. The SMILES string of the molecule is COc1ccccc1N1CCN(CC(=O)N(C)C(C)(C)C#N)CC1. The molecule has 6 heteroatoms. The molecule has 1 aromatic rings. The van der Waals surface area contributed by atoms with E-state index in [1.54, 1.807) is 28.0 Å². The zero-order valence-electron chi connectivity index (χ0n) is 15.0. The molecule has 0 N–H and O–H groups in total. The number of carbonyl (C=O) groups is 1. The maximum atomic E-state index is 12.4. The van der Waals surface area contributed by atoms with E-state index in [1.807, 2.05) is 18.2 Å². The van der Waals surface area contributed by atoms with Gasteiger partial charge in [-0.15, -0.1) is 0 Å². The second kappa shape index (κ2) is 7.54. The molecule has 0 radical (unpaired) electrons. The molecule has 1 aliphatic rings. The molecule has 2 rings (SSSR count). The molecule has 24 heavy (non-hydrogen) atoms. The summed E-state index contributed by atoms with van der Waals surface area (Å²) >= 11 is 0. The number of nitriles is 1. The molecular formula is C18H26N4O2. The van der Waals surface area contributed by atoms with E-state index < -0.39 is 5.54 Å². The lowest BCUT2D eigenvalue weighted by Crippen LogP contribution is -2.52. The molecule has 1 aliphatic heterocycles. The van der Waals surface area contributed by atoms with Gasteiger partial charge in [0.1, 0.15) is 11.3 Å². The zero-order valence-corrected chi connectivity index (χ0v) is 15.0. The normalized spacial score (nSPS) is 15.7. The number of carbonyl (C=O) groups excluding carboxylic acids is 1. The Morgan fingerprint density at radius 1 is 1.29 bits per heavy atom. The molecule has 0 aliphatic carbocycles. The van der Waals surface area contributed by atoms with Crippen molar-refractivity contribution in [2.45, 2.75) is 19.4 Å². The fourth-order valence-electron chi connectivity index (χ4n) is 2.72. The second-order valence-electron chi connectivity index (χ2n) is 6.56. The van der Waals surface area contributed by atoms with Gasteiger partial charge in [0.2, 0.25) is 5.91 Å². The third-order valence-corrected chi connectivity index (χ3v) is 4.64. The molecule has 0 aromatic heterocycles. The van der Waals surface area contributed by atoms with E-state index in [2.05, 4.69) is 21.9 Å². The summed E-state index contributed by atoms with van der Waals surface area (Å²) in [5.74, 6) is 0.852. The van der Waals surface area contributed by atoms with E-state index in [0.29, 0.717) is 6.54 Å². The number of hydrogen-bond acceptors (Lipinski definition) is 5. The minimum atomic E-state index is -0.781. The molecule has 0 unspecified atom stereocenters. The van der Waals surface area contributed by atoms with Gasteiger partial charge >= 0.3 is 0 Å². The topological polar surface area (TPSA) is 59.8 Å². The molecule has 1 saturated heterocycles. The molecule has 0 spiro atoms. The number of amides is 1. The number of anilines is 1.